The summed E-state index contributed by atoms with van der Waals surface area (Å²) in [4.78, 5) is 0. The van der Waals surface area contributed by atoms with Gasteiger partial charge in [0.15, 0.2) is 0 Å². The Kier molecular flexibility index (Phi) is 5.24. The summed E-state index contributed by atoms with van der Waals surface area (Å²) in [6.45, 7) is 8.73. The fourth-order valence-corrected chi connectivity index (χ4v) is 1.12. The van der Waals surface area contributed by atoms with Crippen LogP contribution in [0.25, 0.3) is 0 Å². The van der Waals surface area contributed by atoms with Crippen molar-refractivity contribution >= 4 is 18.1 Å². The molecule has 0 aromatic heterocycles. The lowest BCUT2D eigenvalue weighted by molar-refractivity contribution is 1.27. The number of benzene rings is 1. The minimum absolute atomic E-state index is 0. The number of hydrogen-bond acceptors (Lipinski definition) is 1. The molecule has 0 bridgehead atoms. The van der Waals surface area contributed by atoms with Gasteiger partial charge in [0.2, 0.25) is 0 Å². The fourth-order valence-electron chi connectivity index (χ4n) is 1.12. The Morgan fingerprint density at radius 2 is 2.08 bits per heavy atom. The third-order valence-electron chi connectivity index (χ3n) is 2.04. The van der Waals surface area contributed by atoms with Crippen molar-refractivity contribution in [3.05, 3.63) is 42.0 Å². The van der Waals surface area contributed by atoms with E-state index in [1.54, 1.807) is 0 Å². The summed E-state index contributed by atoms with van der Waals surface area (Å²) >= 11 is 0. The molecular formula is C11H16ClN. The molecular weight excluding hydrogens is 182 g/mol. The van der Waals surface area contributed by atoms with Gasteiger partial charge in [-0.1, -0.05) is 18.2 Å². The molecule has 0 aliphatic rings. The average Bonchev–Trinajstić information content (AvgIpc) is 2.08. The summed E-state index contributed by atoms with van der Waals surface area (Å²) in [5, 5.41) is 3.29. The Morgan fingerprint density at radius 1 is 1.38 bits per heavy atom. The lowest BCUT2D eigenvalue weighted by Gasteiger charge is -2.08. The van der Waals surface area contributed by atoms with Crippen molar-refractivity contribution in [2.45, 2.75) is 13.8 Å². The van der Waals surface area contributed by atoms with E-state index in [0.717, 1.165) is 6.54 Å². The van der Waals surface area contributed by atoms with E-state index in [1.165, 1.54) is 16.8 Å². The van der Waals surface area contributed by atoms with Crippen LogP contribution in [0, 0.1) is 13.8 Å². The summed E-state index contributed by atoms with van der Waals surface area (Å²) in [5.41, 5.74) is 3.85. The predicted molar refractivity (Wildman–Crippen MR) is 61.9 cm³/mol. The Balaban J connectivity index is 0.00000144. The standard InChI is InChI=1S/C11H15N.ClH/c1-4-8-12-11-7-5-6-9(2)10(11)3;/h4-7,12H,1,8H2,2-3H3;1H. The summed E-state index contributed by atoms with van der Waals surface area (Å²) in [6, 6.07) is 6.27. The van der Waals surface area contributed by atoms with E-state index in [4.69, 9.17) is 0 Å². The molecule has 0 spiro atoms. The van der Waals surface area contributed by atoms with E-state index in [2.05, 4.69) is 43.9 Å². The van der Waals surface area contributed by atoms with E-state index in [1.807, 2.05) is 6.08 Å². The van der Waals surface area contributed by atoms with Gasteiger partial charge < -0.3 is 5.32 Å². The first kappa shape index (κ1) is 12.0. The Labute approximate surface area is 86.3 Å². The van der Waals surface area contributed by atoms with Crippen LogP contribution in [0.5, 0.6) is 0 Å². The topological polar surface area (TPSA) is 12.0 Å². The van der Waals surface area contributed by atoms with Gasteiger partial charge in [-0.25, -0.2) is 0 Å². The molecule has 1 N–H and O–H groups in total. The van der Waals surface area contributed by atoms with Gasteiger partial charge in [0.25, 0.3) is 0 Å². The average molecular weight is 198 g/mol. The first-order chi connectivity index (χ1) is 5.75. The van der Waals surface area contributed by atoms with Crippen LogP contribution in [0.2, 0.25) is 0 Å². The maximum absolute atomic E-state index is 3.67. The zero-order chi connectivity index (χ0) is 8.97. The number of nitrogens with one attached hydrogen (secondary N) is 1. The first-order valence-electron chi connectivity index (χ1n) is 4.16. The molecule has 0 fully saturated rings. The second-order valence-electron chi connectivity index (χ2n) is 2.92. The molecule has 0 aliphatic heterocycles. The first-order valence-corrected chi connectivity index (χ1v) is 4.16. The Bertz CT molecular complexity index is 281. The highest BCUT2D eigenvalue weighted by molar-refractivity contribution is 5.85. The zero-order valence-corrected chi connectivity index (χ0v) is 8.95. The lowest BCUT2D eigenvalue weighted by Crippen LogP contribution is -2.00. The van der Waals surface area contributed by atoms with Crippen LogP contribution in [0.4, 0.5) is 5.69 Å². The largest absolute Gasteiger partial charge is 0.381 e. The van der Waals surface area contributed by atoms with Crippen molar-refractivity contribution < 1.29 is 0 Å². The zero-order valence-electron chi connectivity index (χ0n) is 8.13. The maximum atomic E-state index is 3.67. The molecule has 0 aliphatic carbocycles. The van der Waals surface area contributed by atoms with Crippen LogP contribution in [-0.4, -0.2) is 6.54 Å². The van der Waals surface area contributed by atoms with Crippen molar-refractivity contribution in [1.82, 2.24) is 0 Å². The minimum Gasteiger partial charge on any atom is -0.381 e. The molecule has 1 nitrogen and oxygen atoms in total. The van der Waals surface area contributed by atoms with Crippen molar-refractivity contribution in [2.75, 3.05) is 11.9 Å². The Morgan fingerprint density at radius 3 is 2.69 bits per heavy atom. The van der Waals surface area contributed by atoms with Crippen molar-refractivity contribution in [3.8, 4) is 0 Å². The molecule has 13 heavy (non-hydrogen) atoms. The molecule has 0 heterocycles. The molecule has 0 saturated carbocycles. The van der Waals surface area contributed by atoms with Gasteiger partial charge in [-0.05, 0) is 31.0 Å². The second kappa shape index (κ2) is 5.65. The quantitative estimate of drug-likeness (QED) is 0.734. The van der Waals surface area contributed by atoms with Gasteiger partial charge in [0, 0.05) is 12.2 Å². The monoisotopic (exact) mass is 197 g/mol. The number of anilines is 1. The SMILES string of the molecule is C=CCNc1cccc(C)c1C.Cl. The highest BCUT2D eigenvalue weighted by Crippen LogP contribution is 2.17. The van der Waals surface area contributed by atoms with E-state index >= 15 is 0 Å². The Hall–Kier alpha value is -0.950. The van der Waals surface area contributed by atoms with Crippen molar-refractivity contribution in [3.63, 3.8) is 0 Å². The van der Waals surface area contributed by atoms with Gasteiger partial charge >= 0.3 is 0 Å². The molecule has 0 radical (unpaired) electrons. The smallest absolute Gasteiger partial charge is 0.0375 e. The molecule has 0 atom stereocenters. The van der Waals surface area contributed by atoms with Crippen molar-refractivity contribution in [1.29, 1.82) is 0 Å². The molecule has 2 heteroatoms. The third kappa shape index (κ3) is 3.11. The summed E-state index contributed by atoms with van der Waals surface area (Å²) < 4.78 is 0. The molecule has 1 aromatic rings. The van der Waals surface area contributed by atoms with Crippen LogP contribution in [0.3, 0.4) is 0 Å². The summed E-state index contributed by atoms with van der Waals surface area (Å²) in [7, 11) is 0. The van der Waals surface area contributed by atoms with E-state index in [9.17, 15) is 0 Å². The molecule has 0 saturated heterocycles. The number of halogens is 1. The molecule has 0 amide bonds. The third-order valence-corrected chi connectivity index (χ3v) is 2.04. The molecule has 1 aromatic carbocycles. The highest BCUT2D eigenvalue weighted by Gasteiger charge is 1.97. The summed E-state index contributed by atoms with van der Waals surface area (Å²) in [6.07, 6.45) is 1.86. The van der Waals surface area contributed by atoms with Gasteiger partial charge in [-0.2, -0.15) is 0 Å². The number of hydrogen-bond donors (Lipinski definition) is 1. The van der Waals surface area contributed by atoms with Crippen LogP contribution in [-0.2, 0) is 0 Å². The van der Waals surface area contributed by atoms with Gasteiger partial charge in [0.1, 0.15) is 0 Å². The molecule has 72 valence electrons. The van der Waals surface area contributed by atoms with E-state index in [-0.39, 0.29) is 12.4 Å². The second-order valence-corrected chi connectivity index (χ2v) is 2.92. The van der Waals surface area contributed by atoms with Crippen LogP contribution in [0.15, 0.2) is 30.9 Å². The van der Waals surface area contributed by atoms with E-state index in [0.29, 0.717) is 0 Å². The normalized spacial score (nSPS) is 8.77. The minimum atomic E-state index is 0. The van der Waals surface area contributed by atoms with Gasteiger partial charge in [-0.15, -0.1) is 19.0 Å². The predicted octanol–water partition coefficient (Wildman–Crippen LogP) is 3.32. The van der Waals surface area contributed by atoms with Crippen molar-refractivity contribution in [2.24, 2.45) is 0 Å². The van der Waals surface area contributed by atoms with E-state index < -0.39 is 0 Å². The summed E-state index contributed by atoms with van der Waals surface area (Å²) in [5.74, 6) is 0. The highest BCUT2D eigenvalue weighted by atomic mass is 35.5. The number of aryl methyl sites for hydroxylation is 1. The maximum Gasteiger partial charge on any atom is 0.0375 e. The van der Waals surface area contributed by atoms with Gasteiger partial charge in [-0.3, -0.25) is 0 Å². The van der Waals surface area contributed by atoms with Crippen LogP contribution < -0.4 is 5.32 Å². The number of rotatable bonds is 3. The van der Waals surface area contributed by atoms with Crippen LogP contribution in [0.1, 0.15) is 11.1 Å². The molecule has 0 unspecified atom stereocenters. The van der Waals surface area contributed by atoms with Gasteiger partial charge in [0.05, 0.1) is 0 Å². The van der Waals surface area contributed by atoms with Crippen LogP contribution >= 0.6 is 12.4 Å². The lowest BCUT2D eigenvalue weighted by atomic mass is 10.1. The fraction of sp³-hybridized carbons (Fsp3) is 0.273. The molecule has 1 rings (SSSR count).